The summed E-state index contributed by atoms with van der Waals surface area (Å²) in [5, 5.41) is -0.0973. The van der Waals surface area contributed by atoms with Gasteiger partial charge in [-0.2, -0.15) is 8.78 Å². The summed E-state index contributed by atoms with van der Waals surface area (Å²) in [5.74, 6) is 3.10. The Kier molecular flexibility index (Phi) is 3.56. The number of alkyl halides is 2. The van der Waals surface area contributed by atoms with Gasteiger partial charge in [-0.05, 0) is 25.8 Å². The third-order valence-electron chi connectivity index (χ3n) is 2.73. The summed E-state index contributed by atoms with van der Waals surface area (Å²) >= 11 is 5.82. The Morgan fingerprint density at radius 3 is 2.72 bits per heavy atom. The van der Waals surface area contributed by atoms with Crippen LogP contribution in [0.25, 0.3) is 0 Å². The Labute approximate surface area is 110 Å². The number of hydrogen-bond donors (Lipinski definition) is 1. The minimum atomic E-state index is -3.24. The molecule has 96 valence electrons. The third-order valence-corrected chi connectivity index (χ3v) is 3.01. The predicted molar refractivity (Wildman–Crippen MR) is 66.4 cm³/mol. The van der Waals surface area contributed by atoms with Gasteiger partial charge >= 0.3 is 5.92 Å². The molecular weight excluding hydrogens is 258 g/mol. The van der Waals surface area contributed by atoms with Gasteiger partial charge in [0.2, 0.25) is 0 Å². The molecular formula is C13H13ClF2N2. The second kappa shape index (κ2) is 4.83. The highest BCUT2D eigenvalue weighted by Gasteiger charge is 2.39. The monoisotopic (exact) mass is 270 g/mol. The van der Waals surface area contributed by atoms with E-state index in [1.165, 1.54) is 19.2 Å². The number of aromatic nitrogens is 1. The van der Waals surface area contributed by atoms with Crippen LogP contribution >= 0.6 is 11.6 Å². The Morgan fingerprint density at radius 2 is 2.22 bits per heavy atom. The summed E-state index contributed by atoms with van der Waals surface area (Å²) in [6.45, 7) is 1.22. The van der Waals surface area contributed by atoms with Crippen LogP contribution in [0.4, 0.5) is 8.78 Å². The van der Waals surface area contributed by atoms with Crippen molar-refractivity contribution in [2.45, 2.75) is 31.7 Å². The lowest BCUT2D eigenvalue weighted by atomic mass is 10.1. The highest BCUT2D eigenvalue weighted by molar-refractivity contribution is 6.31. The fraction of sp³-hybridized carbons (Fsp3) is 0.462. The van der Waals surface area contributed by atoms with E-state index >= 15 is 0 Å². The van der Waals surface area contributed by atoms with Gasteiger partial charge in [-0.25, -0.2) is 0 Å². The molecule has 2 N–H and O–H groups in total. The molecule has 2 nitrogen and oxygen atoms in total. The van der Waals surface area contributed by atoms with Gasteiger partial charge in [0.25, 0.3) is 0 Å². The van der Waals surface area contributed by atoms with Crippen LogP contribution in [-0.4, -0.2) is 11.0 Å². The van der Waals surface area contributed by atoms with Crippen molar-refractivity contribution >= 4 is 11.6 Å². The van der Waals surface area contributed by atoms with Crippen LogP contribution in [0.15, 0.2) is 12.3 Å². The topological polar surface area (TPSA) is 38.9 Å². The zero-order valence-electron chi connectivity index (χ0n) is 9.88. The van der Waals surface area contributed by atoms with E-state index in [1.54, 1.807) is 0 Å². The molecule has 1 aliphatic carbocycles. The van der Waals surface area contributed by atoms with Crippen molar-refractivity contribution in [3.63, 3.8) is 0 Å². The SMILES string of the molecule is CC(N)C(F)(F)c1ncc(C#CC2CC2)cc1Cl. The molecule has 1 fully saturated rings. The average molecular weight is 271 g/mol. The minimum absolute atomic E-state index is 0.0973. The normalized spacial score (nSPS) is 16.9. The first-order chi connectivity index (χ1) is 8.41. The number of halogens is 3. The number of rotatable bonds is 2. The molecule has 1 aromatic rings. The quantitative estimate of drug-likeness (QED) is 0.839. The zero-order valence-corrected chi connectivity index (χ0v) is 10.6. The van der Waals surface area contributed by atoms with Gasteiger partial charge in [-0.15, -0.1) is 0 Å². The van der Waals surface area contributed by atoms with Crippen LogP contribution in [0.5, 0.6) is 0 Å². The molecule has 0 spiro atoms. The van der Waals surface area contributed by atoms with E-state index in [2.05, 4.69) is 16.8 Å². The van der Waals surface area contributed by atoms with Gasteiger partial charge in [0.05, 0.1) is 11.1 Å². The molecule has 1 heterocycles. The van der Waals surface area contributed by atoms with Crippen LogP contribution in [0.2, 0.25) is 5.02 Å². The van der Waals surface area contributed by atoms with E-state index in [0.29, 0.717) is 11.5 Å². The van der Waals surface area contributed by atoms with Gasteiger partial charge in [-0.1, -0.05) is 23.4 Å². The first kappa shape index (κ1) is 13.3. The largest absolute Gasteiger partial charge is 0.323 e. The van der Waals surface area contributed by atoms with E-state index in [4.69, 9.17) is 17.3 Å². The van der Waals surface area contributed by atoms with Crippen molar-refractivity contribution in [1.29, 1.82) is 0 Å². The van der Waals surface area contributed by atoms with Crippen molar-refractivity contribution in [2.24, 2.45) is 11.7 Å². The van der Waals surface area contributed by atoms with E-state index in [-0.39, 0.29) is 5.02 Å². The zero-order chi connectivity index (χ0) is 13.3. The van der Waals surface area contributed by atoms with Gasteiger partial charge in [-0.3, -0.25) is 4.98 Å². The Morgan fingerprint density at radius 1 is 1.56 bits per heavy atom. The second-order valence-electron chi connectivity index (χ2n) is 4.51. The van der Waals surface area contributed by atoms with Crippen molar-refractivity contribution in [2.75, 3.05) is 0 Å². The molecule has 1 saturated carbocycles. The second-order valence-corrected chi connectivity index (χ2v) is 4.92. The van der Waals surface area contributed by atoms with E-state index in [9.17, 15) is 8.78 Å². The lowest BCUT2D eigenvalue weighted by molar-refractivity contribution is -0.0298. The van der Waals surface area contributed by atoms with E-state index in [1.807, 2.05) is 0 Å². The Hall–Kier alpha value is -1.18. The van der Waals surface area contributed by atoms with Crippen molar-refractivity contribution in [3.05, 3.63) is 28.5 Å². The Balaban J connectivity index is 2.28. The van der Waals surface area contributed by atoms with Gasteiger partial charge in [0, 0.05) is 17.7 Å². The van der Waals surface area contributed by atoms with Crippen molar-refractivity contribution in [1.82, 2.24) is 4.98 Å². The molecule has 1 aliphatic rings. The van der Waals surface area contributed by atoms with Crippen LogP contribution in [-0.2, 0) is 5.92 Å². The van der Waals surface area contributed by atoms with Gasteiger partial charge < -0.3 is 5.73 Å². The standard InChI is InChI=1S/C13H13ClF2N2/c1-8(17)13(15,16)12-11(14)6-10(7-18-12)5-4-9-2-3-9/h6-9H,2-3,17H2,1H3. The fourth-order valence-corrected chi connectivity index (χ4v) is 1.67. The number of pyridine rings is 1. The van der Waals surface area contributed by atoms with Crippen LogP contribution in [0.3, 0.4) is 0 Å². The maximum absolute atomic E-state index is 13.7. The first-order valence-corrected chi connectivity index (χ1v) is 6.10. The molecule has 0 aromatic carbocycles. The molecule has 1 aromatic heterocycles. The molecule has 2 rings (SSSR count). The summed E-state index contributed by atoms with van der Waals surface area (Å²) in [5.41, 5.74) is 5.30. The lowest BCUT2D eigenvalue weighted by Crippen LogP contribution is -2.36. The van der Waals surface area contributed by atoms with E-state index < -0.39 is 17.7 Å². The molecule has 0 saturated heterocycles. The van der Waals surface area contributed by atoms with Crippen molar-refractivity contribution < 1.29 is 8.78 Å². The van der Waals surface area contributed by atoms with Crippen LogP contribution < -0.4 is 5.73 Å². The molecule has 0 radical (unpaired) electrons. The fourth-order valence-electron chi connectivity index (χ4n) is 1.38. The van der Waals surface area contributed by atoms with Gasteiger partial charge in [0.15, 0.2) is 0 Å². The molecule has 0 amide bonds. The maximum atomic E-state index is 13.7. The highest BCUT2D eigenvalue weighted by atomic mass is 35.5. The summed E-state index contributed by atoms with van der Waals surface area (Å²) in [6.07, 6.45) is 3.52. The number of nitrogens with two attached hydrogens (primary N) is 1. The lowest BCUT2D eigenvalue weighted by Gasteiger charge is -2.20. The highest BCUT2D eigenvalue weighted by Crippen LogP contribution is 2.34. The molecule has 0 aliphatic heterocycles. The maximum Gasteiger partial charge on any atom is 0.305 e. The summed E-state index contributed by atoms with van der Waals surface area (Å²) in [6, 6.07) is 0.0705. The smallest absolute Gasteiger partial charge is 0.305 e. The average Bonchev–Trinajstić information content (AvgIpc) is 3.09. The first-order valence-electron chi connectivity index (χ1n) is 5.72. The predicted octanol–water partition coefficient (Wildman–Crippen LogP) is 2.94. The summed E-state index contributed by atoms with van der Waals surface area (Å²) in [4.78, 5) is 3.71. The third kappa shape index (κ3) is 2.80. The molecule has 5 heteroatoms. The van der Waals surface area contributed by atoms with E-state index in [0.717, 1.165) is 12.8 Å². The number of nitrogens with zero attached hydrogens (tertiary/aromatic N) is 1. The summed E-state index contributed by atoms with van der Waals surface area (Å²) in [7, 11) is 0. The van der Waals surface area contributed by atoms with Gasteiger partial charge in [0.1, 0.15) is 5.69 Å². The molecule has 1 unspecified atom stereocenters. The Bertz CT molecular complexity index is 513. The molecule has 0 bridgehead atoms. The van der Waals surface area contributed by atoms with Crippen molar-refractivity contribution in [3.8, 4) is 11.8 Å². The van der Waals surface area contributed by atoms with Crippen LogP contribution in [0.1, 0.15) is 31.0 Å². The molecule has 18 heavy (non-hydrogen) atoms. The minimum Gasteiger partial charge on any atom is -0.323 e. The molecule has 1 atom stereocenters. The van der Waals surface area contributed by atoms with Crippen LogP contribution in [0, 0.1) is 17.8 Å². The summed E-state index contributed by atoms with van der Waals surface area (Å²) < 4.78 is 27.4. The number of hydrogen-bond acceptors (Lipinski definition) is 2.